The van der Waals surface area contributed by atoms with Crippen LogP contribution in [0.1, 0.15) is 29.7 Å². The third-order valence-electron chi connectivity index (χ3n) is 3.14. The predicted molar refractivity (Wildman–Crippen MR) is 72.8 cm³/mol. The second-order valence-corrected chi connectivity index (χ2v) is 4.77. The molecule has 0 aliphatic rings. The van der Waals surface area contributed by atoms with Gasteiger partial charge >= 0.3 is 0 Å². The molecule has 3 heteroatoms. The molecule has 1 N–H and O–H groups in total. The minimum absolute atomic E-state index is 0.0318. The normalized spacial score (nSPS) is 12.4. The van der Waals surface area contributed by atoms with Crippen LogP contribution in [0.4, 0.5) is 8.78 Å². The summed E-state index contributed by atoms with van der Waals surface area (Å²) in [6, 6.07) is 12.2. The Labute approximate surface area is 112 Å². The first-order chi connectivity index (χ1) is 9.06. The summed E-state index contributed by atoms with van der Waals surface area (Å²) >= 11 is 0. The Morgan fingerprint density at radius 2 is 1.84 bits per heavy atom. The van der Waals surface area contributed by atoms with Gasteiger partial charge < -0.3 is 5.32 Å². The molecule has 1 nitrogen and oxygen atoms in total. The molecular weight excluding hydrogens is 244 g/mol. The van der Waals surface area contributed by atoms with Crippen LogP contribution in [0, 0.1) is 18.6 Å². The van der Waals surface area contributed by atoms with Gasteiger partial charge in [0.2, 0.25) is 0 Å². The van der Waals surface area contributed by atoms with Crippen molar-refractivity contribution < 1.29 is 8.78 Å². The van der Waals surface area contributed by atoms with Crippen molar-refractivity contribution in [1.82, 2.24) is 5.32 Å². The summed E-state index contributed by atoms with van der Waals surface area (Å²) in [5, 5.41) is 3.30. The minimum Gasteiger partial charge on any atom is -0.306 e. The van der Waals surface area contributed by atoms with Crippen LogP contribution in [-0.4, -0.2) is 0 Å². The van der Waals surface area contributed by atoms with Crippen LogP contribution < -0.4 is 5.32 Å². The van der Waals surface area contributed by atoms with Crippen LogP contribution in [0.3, 0.4) is 0 Å². The maximum atomic E-state index is 13.2. The van der Waals surface area contributed by atoms with E-state index in [9.17, 15) is 8.78 Å². The third kappa shape index (κ3) is 3.61. The Kier molecular flexibility index (Phi) is 4.27. The van der Waals surface area contributed by atoms with E-state index in [-0.39, 0.29) is 6.04 Å². The topological polar surface area (TPSA) is 12.0 Å². The first-order valence-corrected chi connectivity index (χ1v) is 6.30. The van der Waals surface area contributed by atoms with Crippen molar-refractivity contribution in [3.8, 4) is 0 Å². The Bertz CT molecular complexity index is 566. The molecule has 1 atom stereocenters. The van der Waals surface area contributed by atoms with Crippen LogP contribution in [-0.2, 0) is 6.54 Å². The molecule has 0 saturated carbocycles. The molecule has 0 heterocycles. The summed E-state index contributed by atoms with van der Waals surface area (Å²) in [4.78, 5) is 0. The zero-order valence-corrected chi connectivity index (χ0v) is 11.1. The molecule has 0 spiro atoms. The monoisotopic (exact) mass is 261 g/mol. The highest BCUT2D eigenvalue weighted by atomic mass is 19.2. The summed E-state index contributed by atoms with van der Waals surface area (Å²) in [6.07, 6.45) is 0. The van der Waals surface area contributed by atoms with Crippen LogP contribution in [0.5, 0.6) is 0 Å². The van der Waals surface area contributed by atoms with Gasteiger partial charge in [-0.05, 0) is 37.1 Å². The van der Waals surface area contributed by atoms with Gasteiger partial charge in [-0.2, -0.15) is 0 Å². The fraction of sp³-hybridized carbons (Fsp3) is 0.250. The molecule has 0 amide bonds. The zero-order valence-electron chi connectivity index (χ0n) is 11.1. The lowest BCUT2D eigenvalue weighted by atomic mass is 10.1. The summed E-state index contributed by atoms with van der Waals surface area (Å²) in [7, 11) is 0. The van der Waals surface area contributed by atoms with E-state index in [1.54, 1.807) is 6.07 Å². The zero-order chi connectivity index (χ0) is 13.8. The van der Waals surface area contributed by atoms with E-state index < -0.39 is 11.6 Å². The molecule has 0 saturated heterocycles. The Balaban J connectivity index is 2.01. The van der Waals surface area contributed by atoms with Crippen molar-refractivity contribution >= 4 is 0 Å². The van der Waals surface area contributed by atoms with Gasteiger partial charge in [0.15, 0.2) is 11.6 Å². The summed E-state index contributed by atoms with van der Waals surface area (Å²) in [5.41, 5.74) is 3.13. The quantitative estimate of drug-likeness (QED) is 0.872. The highest BCUT2D eigenvalue weighted by Gasteiger charge is 2.08. The van der Waals surface area contributed by atoms with Crippen molar-refractivity contribution in [2.24, 2.45) is 0 Å². The van der Waals surface area contributed by atoms with E-state index >= 15 is 0 Å². The standard InChI is InChI=1S/C16H17F2N/c1-11-4-3-5-13(8-11)10-19-12(2)14-6-7-15(17)16(18)9-14/h3-9,12,19H,10H2,1-2H3. The van der Waals surface area contributed by atoms with E-state index in [0.29, 0.717) is 6.54 Å². The van der Waals surface area contributed by atoms with Gasteiger partial charge in [-0.25, -0.2) is 8.78 Å². The fourth-order valence-corrected chi connectivity index (χ4v) is 1.99. The van der Waals surface area contributed by atoms with Crippen molar-refractivity contribution in [2.45, 2.75) is 26.4 Å². The first-order valence-electron chi connectivity index (χ1n) is 6.30. The molecule has 0 fully saturated rings. The number of hydrogen-bond donors (Lipinski definition) is 1. The van der Waals surface area contributed by atoms with E-state index in [1.165, 1.54) is 17.2 Å². The maximum Gasteiger partial charge on any atom is 0.159 e. The van der Waals surface area contributed by atoms with Gasteiger partial charge in [-0.1, -0.05) is 35.9 Å². The molecule has 0 aromatic heterocycles. The van der Waals surface area contributed by atoms with E-state index in [1.807, 2.05) is 32.0 Å². The maximum absolute atomic E-state index is 13.2. The second-order valence-electron chi connectivity index (χ2n) is 4.77. The van der Waals surface area contributed by atoms with Gasteiger partial charge in [0.1, 0.15) is 0 Å². The Morgan fingerprint density at radius 3 is 2.53 bits per heavy atom. The van der Waals surface area contributed by atoms with Crippen LogP contribution in [0.15, 0.2) is 42.5 Å². The summed E-state index contributed by atoms with van der Waals surface area (Å²) in [5.74, 6) is -1.61. The van der Waals surface area contributed by atoms with Gasteiger partial charge in [-0.3, -0.25) is 0 Å². The highest BCUT2D eigenvalue weighted by molar-refractivity contribution is 5.23. The second kappa shape index (κ2) is 5.93. The van der Waals surface area contributed by atoms with Crippen molar-refractivity contribution in [1.29, 1.82) is 0 Å². The van der Waals surface area contributed by atoms with Gasteiger partial charge in [0.25, 0.3) is 0 Å². The molecule has 19 heavy (non-hydrogen) atoms. The Hall–Kier alpha value is -1.74. The van der Waals surface area contributed by atoms with Gasteiger partial charge in [0.05, 0.1) is 0 Å². The van der Waals surface area contributed by atoms with Crippen LogP contribution >= 0.6 is 0 Å². The largest absolute Gasteiger partial charge is 0.306 e. The van der Waals surface area contributed by atoms with E-state index in [0.717, 1.165) is 11.6 Å². The fourth-order valence-electron chi connectivity index (χ4n) is 1.99. The van der Waals surface area contributed by atoms with Crippen molar-refractivity contribution in [3.63, 3.8) is 0 Å². The molecule has 0 radical (unpaired) electrons. The average Bonchev–Trinajstić information content (AvgIpc) is 2.39. The number of nitrogens with one attached hydrogen (secondary N) is 1. The van der Waals surface area contributed by atoms with E-state index in [4.69, 9.17) is 0 Å². The smallest absolute Gasteiger partial charge is 0.159 e. The van der Waals surface area contributed by atoms with Gasteiger partial charge in [0, 0.05) is 12.6 Å². The lowest BCUT2D eigenvalue weighted by Gasteiger charge is -2.14. The summed E-state index contributed by atoms with van der Waals surface area (Å²) < 4.78 is 26.0. The molecular formula is C16H17F2N. The van der Waals surface area contributed by atoms with Gasteiger partial charge in [-0.15, -0.1) is 0 Å². The molecule has 0 aliphatic heterocycles. The highest BCUT2D eigenvalue weighted by Crippen LogP contribution is 2.16. The molecule has 2 rings (SSSR count). The van der Waals surface area contributed by atoms with Crippen LogP contribution in [0.2, 0.25) is 0 Å². The van der Waals surface area contributed by atoms with Crippen molar-refractivity contribution in [3.05, 3.63) is 70.8 Å². The Morgan fingerprint density at radius 1 is 1.05 bits per heavy atom. The molecule has 2 aromatic rings. The minimum atomic E-state index is -0.811. The molecule has 0 bridgehead atoms. The number of hydrogen-bond acceptors (Lipinski definition) is 1. The van der Waals surface area contributed by atoms with Crippen LogP contribution in [0.25, 0.3) is 0 Å². The van der Waals surface area contributed by atoms with E-state index in [2.05, 4.69) is 11.4 Å². The predicted octanol–water partition coefficient (Wildman–Crippen LogP) is 4.12. The SMILES string of the molecule is Cc1cccc(CNC(C)c2ccc(F)c(F)c2)c1. The van der Waals surface area contributed by atoms with Crippen molar-refractivity contribution in [2.75, 3.05) is 0 Å². The molecule has 1 unspecified atom stereocenters. The lowest BCUT2D eigenvalue weighted by Crippen LogP contribution is -2.18. The third-order valence-corrected chi connectivity index (χ3v) is 3.14. The number of rotatable bonds is 4. The number of aryl methyl sites for hydroxylation is 1. The first kappa shape index (κ1) is 13.7. The number of halogens is 2. The average molecular weight is 261 g/mol. The summed E-state index contributed by atoms with van der Waals surface area (Å²) in [6.45, 7) is 4.67. The molecule has 0 aliphatic carbocycles. The number of benzene rings is 2. The molecule has 100 valence electrons. The molecule has 2 aromatic carbocycles. The lowest BCUT2D eigenvalue weighted by molar-refractivity contribution is 0.500.